The van der Waals surface area contributed by atoms with Gasteiger partial charge in [-0.3, -0.25) is 9.67 Å². The molecule has 0 spiro atoms. The van der Waals surface area contributed by atoms with E-state index in [1.807, 2.05) is 55.3 Å². The maximum Gasteiger partial charge on any atom is 0.194 e. The molecule has 7 heteroatoms. The van der Waals surface area contributed by atoms with Crippen LogP contribution in [0, 0.1) is 0 Å². The van der Waals surface area contributed by atoms with Gasteiger partial charge < -0.3 is 14.6 Å². The number of rotatable bonds is 4. The second kappa shape index (κ2) is 9.27. The largest absolute Gasteiger partial charge is 0.459 e. The van der Waals surface area contributed by atoms with E-state index in [0.717, 1.165) is 42.6 Å². The van der Waals surface area contributed by atoms with Crippen LogP contribution in [-0.4, -0.2) is 40.8 Å². The van der Waals surface area contributed by atoms with Crippen LogP contribution in [0.15, 0.2) is 64.3 Å². The molecule has 1 N–H and O–H groups in total. The number of nitrogens with zero attached hydrogens (tertiary/aromatic N) is 4. The van der Waals surface area contributed by atoms with E-state index >= 15 is 0 Å². The first-order chi connectivity index (χ1) is 13.2. The summed E-state index contributed by atoms with van der Waals surface area (Å²) in [7, 11) is 3.79. The lowest BCUT2D eigenvalue weighted by atomic mass is 10.0. The molecule has 0 bridgehead atoms. The van der Waals surface area contributed by atoms with Crippen molar-refractivity contribution in [2.24, 2.45) is 12.0 Å². The lowest BCUT2D eigenvalue weighted by Crippen LogP contribution is -2.39. The molecule has 6 nitrogen and oxygen atoms in total. The highest BCUT2D eigenvalue weighted by molar-refractivity contribution is 14.0. The van der Waals surface area contributed by atoms with Crippen molar-refractivity contribution >= 4 is 29.9 Å². The minimum Gasteiger partial charge on any atom is -0.459 e. The topological polar surface area (TPSA) is 58.6 Å². The molecule has 2 aromatic heterocycles. The summed E-state index contributed by atoms with van der Waals surface area (Å²) in [5, 5.41) is 7.73. The average molecular weight is 491 g/mol. The number of aliphatic imine (C=N–C) groups is 1. The lowest BCUT2D eigenvalue weighted by Gasteiger charge is -2.21. The van der Waals surface area contributed by atoms with Crippen molar-refractivity contribution < 1.29 is 4.42 Å². The van der Waals surface area contributed by atoms with E-state index < -0.39 is 0 Å². The van der Waals surface area contributed by atoms with Crippen LogP contribution in [0.1, 0.15) is 23.7 Å². The van der Waals surface area contributed by atoms with Crippen LogP contribution in [0.25, 0.3) is 11.3 Å². The number of benzene rings is 1. The van der Waals surface area contributed by atoms with E-state index in [0.29, 0.717) is 12.5 Å². The van der Waals surface area contributed by atoms with Crippen molar-refractivity contribution in [1.29, 1.82) is 0 Å². The molecule has 4 rings (SSSR count). The number of aromatic nitrogens is 2. The first-order valence-corrected chi connectivity index (χ1v) is 9.31. The third-order valence-electron chi connectivity index (χ3n) is 5.04. The molecule has 1 aromatic carbocycles. The standard InChI is InChI=1S/C21H25N5O.HI/c1-22-21(26-11-10-17(15-26)18-12-24-25(2)14-18)23-13-19-8-9-20(27-19)16-6-4-3-5-7-16;/h3-9,12,14,17H,10-11,13,15H2,1-2H3,(H,22,23);1H. The van der Waals surface area contributed by atoms with Gasteiger partial charge in [-0.15, -0.1) is 24.0 Å². The van der Waals surface area contributed by atoms with Crippen LogP contribution in [0.5, 0.6) is 0 Å². The van der Waals surface area contributed by atoms with Crippen molar-refractivity contribution in [2.75, 3.05) is 20.1 Å². The first-order valence-electron chi connectivity index (χ1n) is 9.31. The van der Waals surface area contributed by atoms with Gasteiger partial charge in [-0.05, 0) is 24.1 Å². The molecule has 148 valence electrons. The van der Waals surface area contributed by atoms with E-state index in [-0.39, 0.29) is 24.0 Å². The molecule has 1 unspecified atom stereocenters. The number of guanidine groups is 1. The molecule has 3 aromatic rings. The summed E-state index contributed by atoms with van der Waals surface area (Å²) in [4.78, 5) is 6.76. The minimum atomic E-state index is 0. The Morgan fingerprint density at radius 1 is 1.25 bits per heavy atom. The Balaban J connectivity index is 0.00000225. The Morgan fingerprint density at radius 3 is 2.79 bits per heavy atom. The highest BCUT2D eigenvalue weighted by atomic mass is 127. The van der Waals surface area contributed by atoms with E-state index in [4.69, 9.17) is 4.42 Å². The summed E-state index contributed by atoms with van der Waals surface area (Å²) in [6.07, 6.45) is 5.20. The SMILES string of the molecule is CN=C(NCc1ccc(-c2ccccc2)o1)N1CCC(c2cnn(C)c2)C1.I. The molecule has 0 amide bonds. The van der Waals surface area contributed by atoms with Crippen LogP contribution < -0.4 is 5.32 Å². The maximum atomic E-state index is 5.97. The Hall–Kier alpha value is -2.29. The summed E-state index contributed by atoms with van der Waals surface area (Å²) >= 11 is 0. The fourth-order valence-corrected chi connectivity index (χ4v) is 3.60. The predicted molar refractivity (Wildman–Crippen MR) is 122 cm³/mol. The lowest BCUT2D eigenvalue weighted by molar-refractivity contribution is 0.468. The molecule has 1 atom stereocenters. The van der Waals surface area contributed by atoms with Crippen LogP contribution in [0.2, 0.25) is 0 Å². The molecule has 1 saturated heterocycles. The van der Waals surface area contributed by atoms with Gasteiger partial charge in [0.05, 0.1) is 12.7 Å². The minimum absolute atomic E-state index is 0. The quantitative estimate of drug-likeness (QED) is 0.342. The third-order valence-corrected chi connectivity index (χ3v) is 5.04. The Bertz CT molecular complexity index is 918. The number of nitrogens with one attached hydrogen (secondary N) is 1. The van der Waals surface area contributed by atoms with E-state index in [9.17, 15) is 0 Å². The van der Waals surface area contributed by atoms with E-state index in [2.05, 4.69) is 38.6 Å². The van der Waals surface area contributed by atoms with Crippen molar-refractivity contribution in [3.05, 3.63) is 66.2 Å². The number of likely N-dealkylation sites (tertiary alicyclic amines) is 1. The van der Waals surface area contributed by atoms with Crippen LogP contribution in [0.4, 0.5) is 0 Å². The summed E-state index contributed by atoms with van der Waals surface area (Å²) < 4.78 is 7.84. The normalized spacial score (nSPS) is 16.9. The second-order valence-corrected chi connectivity index (χ2v) is 6.91. The molecule has 1 aliphatic rings. The van der Waals surface area contributed by atoms with Crippen molar-refractivity contribution in [3.8, 4) is 11.3 Å². The highest BCUT2D eigenvalue weighted by Gasteiger charge is 2.26. The van der Waals surface area contributed by atoms with Gasteiger partial charge in [0.15, 0.2) is 5.96 Å². The number of furan rings is 1. The van der Waals surface area contributed by atoms with Gasteiger partial charge in [-0.2, -0.15) is 5.10 Å². The Labute approximate surface area is 182 Å². The second-order valence-electron chi connectivity index (χ2n) is 6.91. The zero-order chi connectivity index (χ0) is 18.6. The van der Waals surface area contributed by atoms with Crippen LogP contribution in [-0.2, 0) is 13.6 Å². The van der Waals surface area contributed by atoms with Gasteiger partial charge in [0.2, 0.25) is 0 Å². The van der Waals surface area contributed by atoms with Gasteiger partial charge in [0, 0.05) is 44.9 Å². The van der Waals surface area contributed by atoms with Crippen LogP contribution >= 0.6 is 24.0 Å². The zero-order valence-electron chi connectivity index (χ0n) is 16.2. The molecule has 28 heavy (non-hydrogen) atoms. The molecule has 1 fully saturated rings. The van der Waals surface area contributed by atoms with Crippen molar-refractivity contribution in [3.63, 3.8) is 0 Å². The molecular weight excluding hydrogens is 465 g/mol. The number of hydrogen-bond donors (Lipinski definition) is 1. The number of hydrogen-bond acceptors (Lipinski definition) is 3. The summed E-state index contributed by atoms with van der Waals surface area (Å²) in [6, 6.07) is 14.2. The molecule has 0 radical (unpaired) electrons. The monoisotopic (exact) mass is 491 g/mol. The zero-order valence-corrected chi connectivity index (χ0v) is 18.5. The van der Waals surface area contributed by atoms with Gasteiger partial charge in [-0.1, -0.05) is 30.3 Å². The fourth-order valence-electron chi connectivity index (χ4n) is 3.60. The third kappa shape index (κ3) is 4.57. The molecule has 1 aliphatic heterocycles. The average Bonchev–Trinajstić information content (AvgIpc) is 3.44. The number of aryl methyl sites for hydroxylation is 1. The van der Waals surface area contributed by atoms with Gasteiger partial charge in [0.1, 0.15) is 11.5 Å². The highest BCUT2D eigenvalue weighted by Crippen LogP contribution is 2.27. The molecular formula is C21H26IN5O. The number of halogens is 1. The Morgan fingerprint density at radius 2 is 2.07 bits per heavy atom. The summed E-state index contributed by atoms with van der Waals surface area (Å²) in [6.45, 7) is 2.57. The fraction of sp³-hybridized carbons (Fsp3) is 0.333. The van der Waals surface area contributed by atoms with Crippen molar-refractivity contribution in [1.82, 2.24) is 20.0 Å². The smallest absolute Gasteiger partial charge is 0.194 e. The van der Waals surface area contributed by atoms with Crippen LogP contribution in [0.3, 0.4) is 0 Å². The molecule has 0 saturated carbocycles. The molecule has 0 aliphatic carbocycles. The maximum absolute atomic E-state index is 5.97. The molecule has 3 heterocycles. The predicted octanol–water partition coefficient (Wildman–Crippen LogP) is 3.86. The van der Waals surface area contributed by atoms with Crippen molar-refractivity contribution in [2.45, 2.75) is 18.9 Å². The Kier molecular flexibility index (Phi) is 6.77. The first kappa shape index (κ1) is 20.4. The van der Waals surface area contributed by atoms with Gasteiger partial charge >= 0.3 is 0 Å². The van der Waals surface area contributed by atoms with Gasteiger partial charge in [-0.25, -0.2) is 0 Å². The van der Waals surface area contributed by atoms with Gasteiger partial charge in [0.25, 0.3) is 0 Å². The van der Waals surface area contributed by atoms with E-state index in [1.165, 1.54) is 5.56 Å². The van der Waals surface area contributed by atoms with E-state index in [1.54, 1.807) is 0 Å². The summed E-state index contributed by atoms with van der Waals surface area (Å²) in [5.41, 5.74) is 2.39. The summed E-state index contributed by atoms with van der Waals surface area (Å²) in [5.74, 6) is 3.21.